The molecule has 116 valence electrons. The maximum atomic E-state index is 11.7. The highest BCUT2D eigenvalue weighted by Gasteiger charge is 2.45. The molecule has 2 aliphatic rings. The van der Waals surface area contributed by atoms with Crippen molar-refractivity contribution in [1.29, 1.82) is 0 Å². The quantitative estimate of drug-likeness (QED) is 0.544. The Hall–Kier alpha value is -1.67. The maximum absolute atomic E-state index is 11.7. The molecule has 1 amide bonds. The molecule has 2 heterocycles. The van der Waals surface area contributed by atoms with Gasteiger partial charge in [0, 0.05) is 10.2 Å². The minimum Gasteiger partial charge on any atom is -0.504 e. The van der Waals surface area contributed by atoms with Crippen LogP contribution >= 0.6 is 27.7 Å². The van der Waals surface area contributed by atoms with E-state index in [1.165, 1.54) is 28.8 Å². The van der Waals surface area contributed by atoms with Gasteiger partial charge in [-0.3, -0.25) is 9.69 Å². The van der Waals surface area contributed by atoms with Gasteiger partial charge >= 0.3 is 5.97 Å². The van der Waals surface area contributed by atoms with Gasteiger partial charge in [0.1, 0.15) is 5.70 Å². The number of carboxylic acid groups (broad SMARTS) is 1. The first-order chi connectivity index (χ1) is 10.4. The predicted molar refractivity (Wildman–Crippen MR) is 83.5 cm³/mol. The lowest BCUT2D eigenvalue weighted by Gasteiger charge is -2.44. The summed E-state index contributed by atoms with van der Waals surface area (Å²) < 4.78 is 0.571. The van der Waals surface area contributed by atoms with Gasteiger partial charge < -0.3 is 15.3 Å². The Morgan fingerprint density at radius 3 is 2.68 bits per heavy atom. The summed E-state index contributed by atoms with van der Waals surface area (Å²) in [4.78, 5) is 24.5. The molecule has 1 atom stereocenters. The van der Waals surface area contributed by atoms with Crippen molar-refractivity contribution < 1.29 is 24.9 Å². The van der Waals surface area contributed by atoms with Crippen LogP contribution in [-0.4, -0.2) is 43.2 Å². The van der Waals surface area contributed by atoms with Gasteiger partial charge in [-0.25, -0.2) is 4.79 Å². The first-order valence-corrected chi connectivity index (χ1v) is 8.32. The average Bonchev–Trinajstić information content (AvgIpc) is 2.44. The number of benzene rings is 1. The monoisotopic (exact) mass is 385 g/mol. The minimum atomic E-state index is -1.12. The number of halogens is 1. The van der Waals surface area contributed by atoms with Gasteiger partial charge in [0.25, 0.3) is 0 Å². The van der Waals surface area contributed by atoms with E-state index < -0.39 is 5.97 Å². The predicted octanol–water partition coefficient (Wildman–Crippen LogP) is 2.05. The molecule has 1 fully saturated rings. The van der Waals surface area contributed by atoms with Crippen molar-refractivity contribution in [2.75, 3.05) is 5.75 Å². The van der Waals surface area contributed by atoms with Crippen LogP contribution in [0.15, 0.2) is 27.9 Å². The fourth-order valence-corrected chi connectivity index (χ4v) is 4.31. The molecule has 8 heteroatoms. The number of phenolic OH excluding ortho intramolecular Hbond substituents is 2. The Morgan fingerprint density at radius 1 is 1.36 bits per heavy atom. The summed E-state index contributed by atoms with van der Waals surface area (Å²) in [6.45, 7) is 0. The van der Waals surface area contributed by atoms with Gasteiger partial charge in [-0.05, 0) is 29.7 Å². The molecule has 0 unspecified atom stereocenters. The normalized spacial score (nSPS) is 20.7. The van der Waals surface area contributed by atoms with E-state index >= 15 is 0 Å². The number of β-lactam (4-membered cyclic amide) rings is 1. The summed E-state index contributed by atoms with van der Waals surface area (Å²) in [7, 11) is 0. The van der Waals surface area contributed by atoms with Gasteiger partial charge in [-0.1, -0.05) is 15.9 Å². The first-order valence-electron chi connectivity index (χ1n) is 6.48. The van der Waals surface area contributed by atoms with Gasteiger partial charge in [0.05, 0.1) is 11.8 Å². The van der Waals surface area contributed by atoms with Crippen molar-refractivity contribution >= 4 is 39.6 Å². The van der Waals surface area contributed by atoms with Crippen LogP contribution in [-0.2, 0) is 16.0 Å². The summed E-state index contributed by atoms with van der Waals surface area (Å²) in [5, 5.41) is 28.4. The van der Waals surface area contributed by atoms with Crippen LogP contribution in [0.5, 0.6) is 11.5 Å². The number of carboxylic acids is 1. The third-order valence-corrected chi connectivity index (χ3v) is 5.70. The highest BCUT2D eigenvalue weighted by molar-refractivity contribution is 9.10. The van der Waals surface area contributed by atoms with Crippen LogP contribution in [0.1, 0.15) is 12.0 Å². The van der Waals surface area contributed by atoms with Crippen LogP contribution < -0.4 is 0 Å². The molecular formula is C14H12BrNO5S. The average molecular weight is 386 g/mol. The zero-order valence-corrected chi connectivity index (χ0v) is 13.6. The number of rotatable bonds is 3. The van der Waals surface area contributed by atoms with Crippen molar-refractivity contribution in [3.63, 3.8) is 0 Å². The molecule has 0 bridgehead atoms. The fourth-order valence-electron chi connectivity index (χ4n) is 2.57. The number of nitrogens with zero attached hydrogens (tertiary/aromatic N) is 1. The SMILES string of the molecule is O=C(O)C1=C(Cc2cc(O)c(O)cc2Br)CS[C@@H]2CC(=O)N12. The van der Waals surface area contributed by atoms with Crippen molar-refractivity contribution in [1.82, 2.24) is 4.90 Å². The zero-order chi connectivity index (χ0) is 16.0. The van der Waals surface area contributed by atoms with Crippen molar-refractivity contribution in [2.24, 2.45) is 0 Å². The molecule has 1 aromatic carbocycles. The number of aromatic hydroxyl groups is 2. The number of hydrogen-bond acceptors (Lipinski definition) is 5. The number of amides is 1. The van der Waals surface area contributed by atoms with E-state index in [0.29, 0.717) is 27.8 Å². The molecule has 2 aliphatic heterocycles. The van der Waals surface area contributed by atoms with Crippen LogP contribution in [0.25, 0.3) is 0 Å². The Bertz CT molecular complexity index is 717. The maximum Gasteiger partial charge on any atom is 0.352 e. The van der Waals surface area contributed by atoms with Gasteiger partial charge in [0.15, 0.2) is 11.5 Å². The summed E-state index contributed by atoms with van der Waals surface area (Å²) in [6, 6.07) is 2.75. The van der Waals surface area contributed by atoms with E-state index in [0.717, 1.165) is 0 Å². The highest BCUT2D eigenvalue weighted by atomic mass is 79.9. The molecule has 6 nitrogen and oxygen atoms in total. The first kappa shape index (κ1) is 15.2. The second-order valence-electron chi connectivity index (χ2n) is 5.10. The Labute approximate surface area is 138 Å². The Morgan fingerprint density at radius 2 is 2.05 bits per heavy atom. The number of aliphatic carboxylic acids is 1. The zero-order valence-electron chi connectivity index (χ0n) is 11.2. The van der Waals surface area contributed by atoms with E-state index in [1.54, 1.807) is 0 Å². The number of thioether (sulfide) groups is 1. The van der Waals surface area contributed by atoms with Crippen molar-refractivity contribution in [3.05, 3.63) is 33.4 Å². The number of carbonyl (C=O) groups is 2. The smallest absolute Gasteiger partial charge is 0.352 e. The third kappa shape index (κ3) is 2.46. The molecule has 1 aromatic rings. The highest BCUT2D eigenvalue weighted by Crippen LogP contribution is 2.41. The topological polar surface area (TPSA) is 98.1 Å². The second-order valence-corrected chi connectivity index (χ2v) is 7.12. The molecule has 0 saturated carbocycles. The molecule has 3 rings (SSSR count). The number of carbonyl (C=O) groups excluding carboxylic acids is 1. The van der Waals surface area contributed by atoms with Crippen LogP contribution in [0.3, 0.4) is 0 Å². The van der Waals surface area contributed by atoms with Gasteiger partial charge in [0.2, 0.25) is 5.91 Å². The van der Waals surface area contributed by atoms with E-state index in [-0.39, 0.29) is 34.9 Å². The number of fused-ring (bicyclic) bond motifs is 1. The van der Waals surface area contributed by atoms with Gasteiger partial charge in [-0.15, -0.1) is 11.8 Å². The fraction of sp³-hybridized carbons (Fsp3) is 0.286. The molecular weight excluding hydrogens is 374 g/mol. The lowest BCUT2D eigenvalue weighted by molar-refractivity contribution is -0.146. The number of hydrogen-bond donors (Lipinski definition) is 3. The minimum absolute atomic E-state index is 0.0412. The van der Waals surface area contributed by atoms with Crippen molar-refractivity contribution in [2.45, 2.75) is 18.2 Å². The van der Waals surface area contributed by atoms with Crippen LogP contribution in [0, 0.1) is 0 Å². The Kier molecular flexibility index (Phi) is 3.82. The molecule has 22 heavy (non-hydrogen) atoms. The molecule has 1 saturated heterocycles. The van der Waals surface area contributed by atoms with Gasteiger partial charge in [-0.2, -0.15) is 0 Å². The lowest BCUT2D eigenvalue weighted by Crippen LogP contribution is -2.54. The summed E-state index contributed by atoms with van der Waals surface area (Å²) in [6.07, 6.45) is 0.651. The molecule has 0 radical (unpaired) electrons. The van der Waals surface area contributed by atoms with Crippen LogP contribution in [0.4, 0.5) is 0 Å². The number of phenols is 2. The molecule has 0 aliphatic carbocycles. The summed E-state index contributed by atoms with van der Waals surface area (Å²) in [5.74, 6) is -1.30. The largest absolute Gasteiger partial charge is 0.504 e. The van der Waals surface area contributed by atoms with E-state index in [1.807, 2.05) is 0 Å². The third-order valence-electron chi connectivity index (χ3n) is 3.68. The van der Waals surface area contributed by atoms with Crippen LogP contribution in [0.2, 0.25) is 0 Å². The summed E-state index contributed by atoms with van der Waals surface area (Å²) >= 11 is 4.82. The molecule has 3 N–H and O–H groups in total. The second kappa shape index (κ2) is 5.51. The molecule has 0 spiro atoms. The van der Waals surface area contributed by atoms with E-state index in [9.17, 15) is 24.9 Å². The summed E-state index contributed by atoms with van der Waals surface area (Å²) in [5.41, 5.74) is 1.31. The lowest BCUT2D eigenvalue weighted by atomic mass is 10.0. The van der Waals surface area contributed by atoms with Crippen molar-refractivity contribution in [3.8, 4) is 11.5 Å². The molecule has 0 aromatic heterocycles. The van der Waals surface area contributed by atoms with E-state index in [2.05, 4.69) is 15.9 Å². The Balaban J connectivity index is 1.99. The van der Waals surface area contributed by atoms with E-state index in [4.69, 9.17) is 0 Å². The standard InChI is InChI=1S/C14H12BrNO5S/c15-8-3-10(18)9(17)2-6(8)1-7-5-22-12-4-11(19)16(12)13(7)14(20)21/h2-3,12,17-18H,1,4-5H2,(H,20,21)/t12-/m1/s1.